The summed E-state index contributed by atoms with van der Waals surface area (Å²) < 4.78 is 17.8. The number of esters is 1. The van der Waals surface area contributed by atoms with Crippen LogP contribution in [0.4, 0.5) is 4.79 Å². The Labute approximate surface area is 458 Å². The Morgan fingerprint density at radius 1 is 0.577 bits per heavy atom. The Kier molecular flexibility index (Phi) is 24.8. The molecule has 1 aromatic heterocycles. The van der Waals surface area contributed by atoms with Crippen molar-refractivity contribution < 1.29 is 57.4 Å². The maximum Gasteiger partial charge on any atom is 0.408 e. The van der Waals surface area contributed by atoms with Crippen LogP contribution in [0, 0.1) is 17.8 Å². The normalized spacial score (nSPS) is 14.6. The first kappa shape index (κ1) is 64.8. The van der Waals surface area contributed by atoms with Gasteiger partial charge in [-0.25, -0.2) is 14.6 Å². The van der Waals surface area contributed by atoms with Crippen LogP contribution in [0.15, 0.2) is 67.1 Å². The number of ether oxygens (including phenoxy) is 3. The lowest BCUT2D eigenvalue weighted by molar-refractivity contribution is -0.145. The topological polar surface area (TPSA) is 295 Å². The second kappa shape index (κ2) is 29.8. The quantitative estimate of drug-likeness (QED) is 0.0510. The van der Waals surface area contributed by atoms with Gasteiger partial charge in [0.15, 0.2) is 0 Å². The fraction of sp³-hybridized carbons (Fsp3) is 0.571. The van der Waals surface area contributed by atoms with E-state index in [9.17, 15) is 43.2 Å². The van der Waals surface area contributed by atoms with Crippen molar-refractivity contribution in [3.8, 4) is 5.75 Å². The molecule has 78 heavy (non-hydrogen) atoms. The molecule has 0 aliphatic heterocycles. The summed E-state index contributed by atoms with van der Waals surface area (Å²) in [5.74, 6) is -6.57. The van der Waals surface area contributed by atoms with Crippen molar-refractivity contribution in [3.05, 3.63) is 83.9 Å². The Bertz CT molecular complexity index is 2500. The Balaban J connectivity index is 1.87. The molecular weight excluding hydrogens is 1000 g/mol. The van der Waals surface area contributed by atoms with E-state index in [4.69, 9.17) is 14.2 Å². The summed E-state index contributed by atoms with van der Waals surface area (Å²) in [7, 11) is 2.92. The first-order valence-electron chi connectivity index (χ1n) is 26.3. The van der Waals surface area contributed by atoms with Gasteiger partial charge >= 0.3 is 12.1 Å². The Hall–Kier alpha value is -7.52. The smallest absolute Gasteiger partial charge is 0.408 e. The van der Waals surface area contributed by atoms with Gasteiger partial charge in [0.05, 0.1) is 20.0 Å². The third kappa shape index (κ3) is 21.8. The second-order valence-corrected chi connectivity index (χ2v) is 22.1. The average molecular weight is 1090 g/mol. The highest BCUT2D eigenvalue weighted by Gasteiger charge is 2.36. The number of imidazole rings is 1. The Morgan fingerprint density at radius 3 is 1.56 bits per heavy atom. The molecule has 0 aliphatic rings. The number of aromatic nitrogens is 2. The van der Waals surface area contributed by atoms with Gasteiger partial charge in [0.25, 0.3) is 0 Å². The molecule has 430 valence electrons. The standard InChI is InChI=1S/C56H84N10O12/c1-16-34(6)46(65-51(72)45(33(4)5)64-49(70)42(28-38-29-57-31-66(38)14)62-54(75)78-56(11,12)13)52(73)61-40(26-36-20-18-17-19-21-36)47(68)58-30-43(67)60-41(27-37-22-24-39(25-23-37)77-55(8,9)10)48(69)63-44(32(2)3)50(71)59-35(7)53(74)76-15/h17-25,29,31-35,40-42,44-46H,16,26-28,30H2,1-15H3,(H,58,68)(H,59,71)(H,60,67)(H,61,73)(H,62,75)(H,63,69)(H,64,70)(H,65,72)/t34-,35-,40+,41-,42-,44+,45+,46-/m0/s1. The fourth-order valence-electron chi connectivity index (χ4n) is 7.86. The molecular formula is C56H84N10O12. The summed E-state index contributed by atoms with van der Waals surface area (Å²) in [5.41, 5.74) is 0.555. The number of aryl methyl sites for hydroxylation is 1. The van der Waals surface area contributed by atoms with Crippen LogP contribution in [-0.4, -0.2) is 130 Å². The molecule has 1 heterocycles. The lowest BCUT2D eigenvalue weighted by atomic mass is 9.95. The number of amides is 8. The predicted octanol–water partition coefficient (Wildman–Crippen LogP) is 3.09. The molecule has 0 aliphatic carbocycles. The number of carbonyl (C=O) groups excluding carboxylic acids is 9. The van der Waals surface area contributed by atoms with Crippen molar-refractivity contribution >= 4 is 53.4 Å². The van der Waals surface area contributed by atoms with E-state index < -0.39 is 131 Å². The van der Waals surface area contributed by atoms with Crippen molar-refractivity contribution in [1.82, 2.24) is 52.1 Å². The van der Waals surface area contributed by atoms with E-state index in [1.165, 1.54) is 14.0 Å². The van der Waals surface area contributed by atoms with Crippen LogP contribution < -0.4 is 47.3 Å². The number of alkyl carbamates (subject to hydrolysis) is 1. The summed E-state index contributed by atoms with van der Waals surface area (Å²) >= 11 is 0. The third-order valence-electron chi connectivity index (χ3n) is 12.3. The lowest BCUT2D eigenvalue weighted by Gasteiger charge is -2.30. The van der Waals surface area contributed by atoms with Gasteiger partial charge in [-0.05, 0) is 89.5 Å². The molecule has 0 unspecified atom stereocenters. The largest absolute Gasteiger partial charge is 0.488 e. The fourth-order valence-corrected chi connectivity index (χ4v) is 7.86. The van der Waals surface area contributed by atoms with E-state index in [-0.39, 0.29) is 19.3 Å². The molecule has 0 bridgehead atoms. The molecule has 22 nitrogen and oxygen atoms in total. The maximum absolute atomic E-state index is 14.4. The van der Waals surface area contributed by atoms with E-state index in [0.29, 0.717) is 29.0 Å². The van der Waals surface area contributed by atoms with Crippen LogP contribution >= 0.6 is 0 Å². The number of methoxy groups -OCH3 is 1. The summed E-state index contributed by atoms with van der Waals surface area (Å²) in [4.78, 5) is 127. The Morgan fingerprint density at radius 2 is 1.08 bits per heavy atom. The van der Waals surface area contributed by atoms with E-state index in [1.807, 2.05) is 27.7 Å². The molecule has 0 saturated heterocycles. The number of nitrogens with one attached hydrogen (secondary N) is 8. The van der Waals surface area contributed by atoms with Crippen molar-refractivity contribution in [2.75, 3.05) is 13.7 Å². The monoisotopic (exact) mass is 1090 g/mol. The number of hydrogen-bond acceptors (Lipinski definition) is 13. The molecule has 8 amide bonds. The predicted molar refractivity (Wildman–Crippen MR) is 292 cm³/mol. The van der Waals surface area contributed by atoms with Gasteiger partial charge in [0, 0.05) is 38.2 Å². The molecule has 0 fully saturated rings. The summed E-state index contributed by atoms with van der Waals surface area (Å²) in [6, 6.07) is 7.45. The van der Waals surface area contributed by atoms with Gasteiger partial charge in [0.2, 0.25) is 41.4 Å². The van der Waals surface area contributed by atoms with Crippen LogP contribution in [0.3, 0.4) is 0 Å². The van der Waals surface area contributed by atoms with E-state index in [0.717, 1.165) is 0 Å². The zero-order chi connectivity index (χ0) is 58.7. The molecule has 0 saturated carbocycles. The summed E-state index contributed by atoms with van der Waals surface area (Å²) in [5, 5.41) is 21.5. The van der Waals surface area contributed by atoms with E-state index in [1.54, 1.807) is 134 Å². The molecule has 0 radical (unpaired) electrons. The minimum absolute atomic E-state index is 0.00997. The molecule has 0 spiro atoms. The van der Waals surface area contributed by atoms with Gasteiger partial charge in [-0.1, -0.05) is 90.4 Å². The van der Waals surface area contributed by atoms with Crippen LogP contribution in [0.5, 0.6) is 5.75 Å². The van der Waals surface area contributed by atoms with Gasteiger partial charge in [-0.15, -0.1) is 0 Å². The lowest BCUT2D eigenvalue weighted by Crippen LogP contribution is -2.61. The van der Waals surface area contributed by atoms with Gasteiger partial charge in [0.1, 0.15) is 59.2 Å². The third-order valence-corrected chi connectivity index (χ3v) is 12.3. The SMILES string of the molecule is CC[C@H](C)[C@H](NC(=O)[C@H](NC(=O)[C@H](Cc1cncn1C)NC(=O)OC(C)(C)C)C(C)C)C(=O)N[C@H](Cc1ccccc1)C(=O)NCC(=O)N[C@@H](Cc1ccc(OC(C)(C)C)cc1)C(=O)N[C@@H](C(=O)N[C@@H](C)C(=O)OC)C(C)C. The molecule has 8 atom stereocenters. The van der Waals surface area contributed by atoms with E-state index >= 15 is 0 Å². The first-order chi connectivity index (χ1) is 36.4. The van der Waals surface area contributed by atoms with Crippen LogP contribution in [0.2, 0.25) is 0 Å². The van der Waals surface area contributed by atoms with Crippen molar-refractivity contribution in [3.63, 3.8) is 0 Å². The van der Waals surface area contributed by atoms with Gasteiger partial charge in [-0.2, -0.15) is 0 Å². The number of benzene rings is 2. The minimum atomic E-state index is -1.28. The number of nitrogens with zero attached hydrogens (tertiary/aromatic N) is 2. The van der Waals surface area contributed by atoms with Crippen LogP contribution in [-0.2, 0) is 74.1 Å². The molecule has 2 aromatic carbocycles. The van der Waals surface area contributed by atoms with Gasteiger partial charge in [-0.3, -0.25) is 33.6 Å². The second-order valence-electron chi connectivity index (χ2n) is 22.1. The average Bonchev–Trinajstić information content (AvgIpc) is 3.77. The number of carbonyl (C=O) groups is 9. The first-order valence-corrected chi connectivity index (χ1v) is 26.3. The van der Waals surface area contributed by atoms with Gasteiger partial charge < -0.3 is 61.3 Å². The van der Waals surface area contributed by atoms with Crippen LogP contribution in [0.25, 0.3) is 0 Å². The highest BCUT2D eigenvalue weighted by molar-refractivity contribution is 5.97. The highest BCUT2D eigenvalue weighted by Crippen LogP contribution is 2.20. The summed E-state index contributed by atoms with van der Waals surface area (Å²) in [6.07, 6.45) is 2.61. The van der Waals surface area contributed by atoms with Crippen LogP contribution in [0.1, 0.15) is 113 Å². The number of rotatable bonds is 27. The molecule has 3 aromatic rings. The zero-order valence-corrected chi connectivity index (χ0v) is 48.0. The molecule has 22 heteroatoms. The molecule has 3 rings (SSSR count). The van der Waals surface area contributed by atoms with Crippen molar-refractivity contribution in [2.24, 2.45) is 24.8 Å². The number of hydrogen-bond donors (Lipinski definition) is 8. The molecule has 8 N–H and O–H groups in total. The van der Waals surface area contributed by atoms with Crippen molar-refractivity contribution in [2.45, 2.75) is 169 Å². The maximum atomic E-state index is 14.4. The highest BCUT2D eigenvalue weighted by atomic mass is 16.6. The zero-order valence-electron chi connectivity index (χ0n) is 48.0. The van der Waals surface area contributed by atoms with Crippen molar-refractivity contribution in [1.29, 1.82) is 0 Å². The minimum Gasteiger partial charge on any atom is -0.488 e. The summed E-state index contributed by atoms with van der Waals surface area (Å²) in [6.45, 7) is 21.9. The van der Waals surface area contributed by atoms with E-state index in [2.05, 4.69) is 47.5 Å².